The standard InChI is InChI=1S/C10H17NO3/c1-2-11-7-8(3-5-9(11)12)4-6-10(13)14/h8H,2-7H2,1H3,(H,13,14). The van der Waals surface area contributed by atoms with Crippen molar-refractivity contribution in [2.24, 2.45) is 5.92 Å². The number of rotatable bonds is 4. The summed E-state index contributed by atoms with van der Waals surface area (Å²) in [6.07, 6.45) is 2.34. The summed E-state index contributed by atoms with van der Waals surface area (Å²) in [5.41, 5.74) is 0. The van der Waals surface area contributed by atoms with Crippen LogP contribution < -0.4 is 0 Å². The number of carbonyl (C=O) groups excluding carboxylic acids is 1. The van der Waals surface area contributed by atoms with Crippen molar-refractivity contribution in [2.75, 3.05) is 13.1 Å². The second-order valence-electron chi connectivity index (χ2n) is 3.77. The highest BCUT2D eigenvalue weighted by Gasteiger charge is 2.24. The Balaban J connectivity index is 2.34. The molecule has 80 valence electrons. The van der Waals surface area contributed by atoms with E-state index in [9.17, 15) is 9.59 Å². The van der Waals surface area contributed by atoms with E-state index in [-0.39, 0.29) is 12.3 Å². The Bertz CT molecular complexity index is 227. The van der Waals surface area contributed by atoms with Crippen molar-refractivity contribution in [2.45, 2.75) is 32.6 Å². The molecular weight excluding hydrogens is 182 g/mol. The predicted molar refractivity (Wildman–Crippen MR) is 51.8 cm³/mol. The third-order valence-electron chi connectivity index (χ3n) is 2.75. The Labute approximate surface area is 83.9 Å². The molecule has 0 radical (unpaired) electrons. The highest BCUT2D eigenvalue weighted by molar-refractivity contribution is 5.76. The van der Waals surface area contributed by atoms with E-state index >= 15 is 0 Å². The molecule has 1 rings (SSSR count). The zero-order valence-electron chi connectivity index (χ0n) is 8.53. The molecule has 1 saturated heterocycles. The molecule has 1 heterocycles. The van der Waals surface area contributed by atoms with E-state index in [1.165, 1.54) is 0 Å². The smallest absolute Gasteiger partial charge is 0.303 e. The average Bonchev–Trinajstić information content (AvgIpc) is 2.16. The van der Waals surface area contributed by atoms with E-state index in [2.05, 4.69) is 0 Å². The Hall–Kier alpha value is -1.06. The van der Waals surface area contributed by atoms with Gasteiger partial charge in [0.1, 0.15) is 0 Å². The van der Waals surface area contributed by atoms with Gasteiger partial charge < -0.3 is 10.0 Å². The molecule has 0 bridgehead atoms. The largest absolute Gasteiger partial charge is 0.481 e. The Morgan fingerprint density at radius 2 is 2.36 bits per heavy atom. The molecule has 0 aromatic carbocycles. The van der Waals surface area contributed by atoms with E-state index in [0.717, 1.165) is 19.5 Å². The first-order valence-electron chi connectivity index (χ1n) is 5.13. The van der Waals surface area contributed by atoms with E-state index < -0.39 is 5.97 Å². The summed E-state index contributed by atoms with van der Waals surface area (Å²) in [4.78, 5) is 23.5. The van der Waals surface area contributed by atoms with Crippen LogP contribution in [-0.2, 0) is 9.59 Å². The minimum atomic E-state index is -0.745. The lowest BCUT2D eigenvalue weighted by molar-refractivity contribution is -0.137. The lowest BCUT2D eigenvalue weighted by atomic mass is 9.93. The van der Waals surface area contributed by atoms with Gasteiger partial charge >= 0.3 is 5.97 Å². The number of nitrogens with zero attached hydrogens (tertiary/aromatic N) is 1. The predicted octanol–water partition coefficient (Wildman–Crippen LogP) is 1.11. The quantitative estimate of drug-likeness (QED) is 0.737. The number of carbonyl (C=O) groups is 2. The van der Waals surface area contributed by atoms with Crippen LogP contribution in [0, 0.1) is 5.92 Å². The molecule has 0 aromatic rings. The number of hydrogen-bond acceptors (Lipinski definition) is 2. The van der Waals surface area contributed by atoms with Crippen LogP contribution in [0.4, 0.5) is 0 Å². The van der Waals surface area contributed by atoms with Crippen molar-refractivity contribution in [1.82, 2.24) is 4.90 Å². The first kappa shape index (κ1) is 11.0. The fourth-order valence-corrected chi connectivity index (χ4v) is 1.86. The molecule has 1 aliphatic rings. The number of likely N-dealkylation sites (tertiary alicyclic amines) is 1. The van der Waals surface area contributed by atoms with Crippen molar-refractivity contribution in [3.8, 4) is 0 Å². The van der Waals surface area contributed by atoms with E-state index in [4.69, 9.17) is 5.11 Å². The van der Waals surface area contributed by atoms with Crippen LogP contribution in [0.15, 0.2) is 0 Å². The number of carboxylic acids is 1. The minimum absolute atomic E-state index is 0.207. The van der Waals surface area contributed by atoms with Crippen LogP contribution in [0.3, 0.4) is 0 Å². The molecule has 1 fully saturated rings. The lowest BCUT2D eigenvalue weighted by Crippen LogP contribution is -2.39. The van der Waals surface area contributed by atoms with Gasteiger partial charge in [0.2, 0.25) is 5.91 Å². The molecule has 0 aliphatic carbocycles. The van der Waals surface area contributed by atoms with E-state index in [1.807, 2.05) is 11.8 Å². The van der Waals surface area contributed by atoms with Gasteiger partial charge in [0, 0.05) is 25.9 Å². The van der Waals surface area contributed by atoms with Crippen LogP contribution >= 0.6 is 0 Å². The van der Waals surface area contributed by atoms with Gasteiger partial charge in [-0.05, 0) is 25.7 Å². The third-order valence-corrected chi connectivity index (χ3v) is 2.75. The minimum Gasteiger partial charge on any atom is -0.481 e. The molecule has 1 amide bonds. The Morgan fingerprint density at radius 3 is 2.93 bits per heavy atom. The summed E-state index contributed by atoms with van der Waals surface area (Å²) in [7, 11) is 0. The molecule has 1 N–H and O–H groups in total. The van der Waals surface area contributed by atoms with Crippen LogP contribution in [0.1, 0.15) is 32.6 Å². The number of piperidine rings is 1. The first-order chi connectivity index (χ1) is 6.63. The van der Waals surface area contributed by atoms with Gasteiger partial charge in [-0.2, -0.15) is 0 Å². The van der Waals surface area contributed by atoms with Crippen molar-refractivity contribution >= 4 is 11.9 Å². The highest BCUT2D eigenvalue weighted by Crippen LogP contribution is 2.21. The fraction of sp³-hybridized carbons (Fsp3) is 0.800. The first-order valence-corrected chi connectivity index (χ1v) is 5.13. The lowest BCUT2D eigenvalue weighted by Gasteiger charge is -2.31. The van der Waals surface area contributed by atoms with Crippen molar-refractivity contribution in [1.29, 1.82) is 0 Å². The summed E-state index contributed by atoms with van der Waals surface area (Å²) < 4.78 is 0. The number of carboxylic acid groups (broad SMARTS) is 1. The zero-order valence-corrected chi connectivity index (χ0v) is 8.53. The summed E-state index contributed by atoms with van der Waals surface area (Å²) in [6.45, 7) is 3.43. The van der Waals surface area contributed by atoms with Gasteiger partial charge in [-0.1, -0.05) is 0 Å². The van der Waals surface area contributed by atoms with Crippen LogP contribution in [-0.4, -0.2) is 35.0 Å². The molecule has 14 heavy (non-hydrogen) atoms. The molecular formula is C10H17NO3. The second kappa shape index (κ2) is 4.98. The number of aliphatic carboxylic acids is 1. The SMILES string of the molecule is CCN1CC(CCC(=O)O)CCC1=O. The normalized spacial score (nSPS) is 22.5. The highest BCUT2D eigenvalue weighted by atomic mass is 16.4. The molecule has 1 aliphatic heterocycles. The van der Waals surface area contributed by atoms with Gasteiger partial charge in [0.15, 0.2) is 0 Å². The maximum atomic E-state index is 11.3. The van der Waals surface area contributed by atoms with Crippen molar-refractivity contribution in [3.63, 3.8) is 0 Å². The average molecular weight is 199 g/mol. The summed E-state index contributed by atoms with van der Waals surface area (Å²) in [6, 6.07) is 0. The molecule has 0 spiro atoms. The topological polar surface area (TPSA) is 57.6 Å². The molecule has 1 unspecified atom stereocenters. The Kier molecular flexibility index (Phi) is 3.92. The maximum Gasteiger partial charge on any atom is 0.303 e. The van der Waals surface area contributed by atoms with Crippen molar-refractivity contribution in [3.05, 3.63) is 0 Å². The van der Waals surface area contributed by atoms with Gasteiger partial charge in [0.05, 0.1) is 0 Å². The zero-order chi connectivity index (χ0) is 10.6. The summed E-state index contributed by atoms with van der Waals surface area (Å²) in [5, 5.41) is 8.54. The summed E-state index contributed by atoms with van der Waals surface area (Å²) in [5.74, 6) is -0.159. The van der Waals surface area contributed by atoms with Crippen LogP contribution in [0.5, 0.6) is 0 Å². The molecule has 0 aromatic heterocycles. The van der Waals surface area contributed by atoms with E-state index in [0.29, 0.717) is 18.8 Å². The second-order valence-corrected chi connectivity index (χ2v) is 3.77. The van der Waals surface area contributed by atoms with E-state index in [1.54, 1.807) is 0 Å². The van der Waals surface area contributed by atoms with Gasteiger partial charge in [-0.25, -0.2) is 0 Å². The molecule has 4 nitrogen and oxygen atoms in total. The van der Waals surface area contributed by atoms with Crippen LogP contribution in [0.2, 0.25) is 0 Å². The van der Waals surface area contributed by atoms with Gasteiger partial charge in [-0.15, -0.1) is 0 Å². The fourth-order valence-electron chi connectivity index (χ4n) is 1.86. The van der Waals surface area contributed by atoms with Gasteiger partial charge in [-0.3, -0.25) is 9.59 Å². The van der Waals surface area contributed by atoms with Gasteiger partial charge in [0.25, 0.3) is 0 Å². The third kappa shape index (κ3) is 3.01. The maximum absolute atomic E-state index is 11.3. The number of amides is 1. The Morgan fingerprint density at radius 1 is 1.64 bits per heavy atom. The monoisotopic (exact) mass is 199 g/mol. The van der Waals surface area contributed by atoms with Crippen molar-refractivity contribution < 1.29 is 14.7 Å². The molecule has 1 atom stereocenters. The van der Waals surface area contributed by atoms with Crippen LogP contribution in [0.25, 0.3) is 0 Å². The molecule has 4 heteroatoms. The number of hydrogen-bond donors (Lipinski definition) is 1. The molecule has 0 saturated carbocycles. The summed E-state index contributed by atoms with van der Waals surface area (Å²) >= 11 is 0.